The Bertz CT molecular complexity index is 1040. The molecule has 136 valence electrons. The number of anilines is 1. The topological polar surface area (TPSA) is 74.8 Å². The summed E-state index contributed by atoms with van der Waals surface area (Å²) in [6.45, 7) is 0. The molecule has 0 unspecified atom stereocenters. The van der Waals surface area contributed by atoms with Gasteiger partial charge in [0.05, 0.1) is 11.8 Å². The number of nitrogens with zero attached hydrogens (tertiary/aromatic N) is 1. The summed E-state index contributed by atoms with van der Waals surface area (Å²) in [6.07, 6.45) is -1.44. The Labute approximate surface area is 155 Å². The smallest absolute Gasteiger partial charge is 0.285 e. The zero-order chi connectivity index (χ0) is 18.9. The Morgan fingerprint density at radius 1 is 1.08 bits per heavy atom. The number of aromatic amines is 1. The molecule has 0 aliphatic carbocycles. The SMILES string of the molecule is O=S(=O)(Nc1cccc(-c2cn[nH]c2)c1)c1cc(C(F)(F)F)ccc1Br. The van der Waals surface area contributed by atoms with Crippen molar-refractivity contribution in [2.75, 3.05) is 4.72 Å². The van der Waals surface area contributed by atoms with Gasteiger partial charge >= 0.3 is 6.18 Å². The molecule has 0 radical (unpaired) electrons. The van der Waals surface area contributed by atoms with E-state index in [1.54, 1.807) is 30.6 Å². The number of benzene rings is 2. The lowest BCUT2D eigenvalue weighted by molar-refractivity contribution is -0.137. The van der Waals surface area contributed by atoms with Gasteiger partial charge in [-0.25, -0.2) is 8.42 Å². The molecule has 0 saturated carbocycles. The summed E-state index contributed by atoms with van der Waals surface area (Å²) < 4.78 is 66.1. The zero-order valence-corrected chi connectivity index (χ0v) is 15.3. The molecule has 3 rings (SSSR count). The van der Waals surface area contributed by atoms with Crippen LogP contribution in [0.2, 0.25) is 0 Å². The third-order valence-corrected chi connectivity index (χ3v) is 5.87. The number of nitrogens with one attached hydrogen (secondary N) is 2. The quantitative estimate of drug-likeness (QED) is 0.613. The lowest BCUT2D eigenvalue weighted by atomic mass is 10.1. The number of rotatable bonds is 4. The van der Waals surface area contributed by atoms with Crippen molar-refractivity contribution >= 4 is 31.6 Å². The second kappa shape index (κ2) is 6.76. The number of alkyl halides is 3. The van der Waals surface area contributed by atoms with E-state index in [1.165, 1.54) is 6.07 Å². The Kier molecular flexibility index (Phi) is 4.80. The predicted molar refractivity (Wildman–Crippen MR) is 94.0 cm³/mol. The highest BCUT2D eigenvalue weighted by molar-refractivity contribution is 9.10. The van der Waals surface area contributed by atoms with Gasteiger partial charge < -0.3 is 0 Å². The standard InChI is InChI=1S/C16H11BrF3N3O2S/c17-14-5-4-12(16(18,19)20)7-15(14)26(24,25)23-13-3-1-2-10(6-13)11-8-21-22-9-11/h1-9,23H,(H,21,22). The van der Waals surface area contributed by atoms with Crippen LogP contribution < -0.4 is 4.72 Å². The lowest BCUT2D eigenvalue weighted by Crippen LogP contribution is -2.15. The molecule has 1 aromatic heterocycles. The van der Waals surface area contributed by atoms with Crippen LogP contribution in [0.25, 0.3) is 11.1 Å². The van der Waals surface area contributed by atoms with E-state index in [9.17, 15) is 21.6 Å². The van der Waals surface area contributed by atoms with Crippen LogP contribution in [-0.4, -0.2) is 18.6 Å². The minimum absolute atomic E-state index is 0.0315. The second-order valence-corrected chi connectivity index (χ2v) is 7.82. The van der Waals surface area contributed by atoms with Gasteiger partial charge in [0.15, 0.2) is 0 Å². The summed E-state index contributed by atoms with van der Waals surface area (Å²) in [6, 6.07) is 8.89. The Morgan fingerprint density at radius 3 is 2.50 bits per heavy atom. The summed E-state index contributed by atoms with van der Waals surface area (Å²) in [5, 5.41) is 6.47. The molecule has 0 amide bonds. The number of aromatic nitrogens is 2. The minimum atomic E-state index is -4.65. The number of hydrogen-bond donors (Lipinski definition) is 2. The Hall–Kier alpha value is -2.33. The molecule has 2 N–H and O–H groups in total. The van der Waals surface area contributed by atoms with Gasteiger partial charge in [-0.15, -0.1) is 0 Å². The monoisotopic (exact) mass is 445 g/mol. The van der Waals surface area contributed by atoms with Crippen LogP contribution in [0, 0.1) is 0 Å². The summed E-state index contributed by atoms with van der Waals surface area (Å²) in [7, 11) is -4.23. The summed E-state index contributed by atoms with van der Waals surface area (Å²) >= 11 is 2.99. The minimum Gasteiger partial charge on any atom is -0.285 e. The molecule has 1 heterocycles. The summed E-state index contributed by atoms with van der Waals surface area (Å²) in [5.41, 5.74) is 0.606. The van der Waals surface area contributed by atoms with Crippen LogP contribution in [-0.2, 0) is 16.2 Å². The molecule has 5 nitrogen and oxygen atoms in total. The van der Waals surface area contributed by atoms with Gasteiger partial charge in [0.25, 0.3) is 10.0 Å². The van der Waals surface area contributed by atoms with Gasteiger partial charge in [0.1, 0.15) is 4.90 Å². The molecule has 0 atom stereocenters. The third-order valence-electron chi connectivity index (χ3n) is 3.49. The predicted octanol–water partition coefficient (Wildman–Crippen LogP) is 4.66. The normalized spacial score (nSPS) is 12.2. The number of hydrogen-bond acceptors (Lipinski definition) is 3. The van der Waals surface area contributed by atoms with E-state index in [0.29, 0.717) is 11.6 Å². The van der Waals surface area contributed by atoms with E-state index < -0.39 is 26.7 Å². The Balaban J connectivity index is 1.96. The molecule has 26 heavy (non-hydrogen) atoms. The molecule has 0 bridgehead atoms. The summed E-state index contributed by atoms with van der Waals surface area (Å²) in [4.78, 5) is -0.499. The van der Waals surface area contributed by atoms with E-state index in [2.05, 4.69) is 30.8 Å². The average molecular weight is 446 g/mol. The van der Waals surface area contributed by atoms with Gasteiger partial charge in [-0.3, -0.25) is 9.82 Å². The fraction of sp³-hybridized carbons (Fsp3) is 0.0625. The van der Waals surface area contributed by atoms with Crippen molar-refractivity contribution in [3.05, 3.63) is 64.9 Å². The van der Waals surface area contributed by atoms with Crippen molar-refractivity contribution in [1.82, 2.24) is 10.2 Å². The molecule has 0 aliphatic rings. The van der Waals surface area contributed by atoms with Crippen LogP contribution in [0.1, 0.15) is 5.56 Å². The van der Waals surface area contributed by atoms with Gasteiger partial charge in [-0.2, -0.15) is 18.3 Å². The Morgan fingerprint density at radius 2 is 1.85 bits per heavy atom. The van der Waals surface area contributed by atoms with E-state index in [0.717, 1.165) is 17.7 Å². The van der Waals surface area contributed by atoms with Gasteiger partial charge in [-0.1, -0.05) is 12.1 Å². The van der Waals surface area contributed by atoms with E-state index in [-0.39, 0.29) is 10.2 Å². The first-order valence-electron chi connectivity index (χ1n) is 7.15. The zero-order valence-electron chi connectivity index (χ0n) is 12.9. The molecular weight excluding hydrogens is 435 g/mol. The number of halogens is 4. The molecule has 0 saturated heterocycles. The molecule has 0 aliphatic heterocycles. The van der Waals surface area contributed by atoms with Crippen LogP contribution >= 0.6 is 15.9 Å². The maximum absolute atomic E-state index is 12.9. The van der Waals surface area contributed by atoms with E-state index in [1.807, 2.05) is 0 Å². The van der Waals surface area contributed by atoms with Crippen molar-refractivity contribution in [1.29, 1.82) is 0 Å². The molecule has 2 aromatic carbocycles. The van der Waals surface area contributed by atoms with Crippen LogP contribution in [0.15, 0.2) is 64.2 Å². The largest absolute Gasteiger partial charge is 0.416 e. The van der Waals surface area contributed by atoms with Crippen molar-refractivity contribution in [3.63, 3.8) is 0 Å². The average Bonchev–Trinajstić information content (AvgIpc) is 3.08. The maximum atomic E-state index is 12.9. The van der Waals surface area contributed by atoms with E-state index in [4.69, 9.17) is 0 Å². The van der Waals surface area contributed by atoms with Crippen LogP contribution in [0.3, 0.4) is 0 Å². The summed E-state index contributed by atoms with van der Waals surface area (Å²) in [5.74, 6) is 0. The third kappa shape index (κ3) is 3.91. The van der Waals surface area contributed by atoms with Gasteiger partial charge in [-0.05, 0) is 51.8 Å². The highest BCUT2D eigenvalue weighted by atomic mass is 79.9. The highest BCUT2D eigenvalue weighted by Gasteiger charge is 2.32. The lowest BCUT2D eigenvalue weighted by Gasteiger charge is -2.13. The molecule has 3 aromatic rings. The molecule has 10 heteroatoms. The van der Waals surface area contributed by atoms with Gasteiger partial charge in [0.2, 0.25) is 0 Å². The van der Waals surface area contributed by atoms with Crippen molar-refractivity contribution in [2.45, 2.75) is 11.1 Å². The molecular formula is C16H11BrF3N3O2S. The fourth-order valence-corrected chi connectivity index (χ4v) is 4.31. The molecule has 0 fully saturated rings. The second-order valence-electron chi connectivity index (χ2n) is 5.32. The van der Waals surface area contributed by atoms with Crippen molar-refractivity contribution < 1.29 is 21.6 Å². The number of sulfonamides is 1. The van der Waals surface area contributed by atoms with Crippen LogP contribution in [0.5, 0.6) is 0 Å². The van der Waals surface area contributed by atoms with Gasteiger partial charge in [0, 0.05) is 21.9 Å². The number of H-pyrrole nitrogens is 1. The first-order valence-corrected chi connectivity index (χ1v) is 9.43. The molecule has 0 spiro atoms. The highest BCUT2D eigenvalue weighted by Crippen LogP contribution is 2.34. The van der Waals surface area contributed by atoms with Crippen LogP contribution in [0.4, 0.5) is 18.9 Å². The maximum Gasteiger partial charge on any atom is 0.416 e. The van der Waals surface area contributed by atoms with Crippen molar-refractivity contribution in [2.24, 2.45) is 0 Å². The fourth-order valence-electron chi connectivity index (χ4n) is 2.27. The first kappa shape index (κ1) is 18.5. The van der Waals surface area contributed by atoms with E-state index >= 15 is 0 Å². The van der Waals surface area contributed by atoms with Crippen molar-refractivity contribution in [3.8, 4) is 11.1 Å². The first-order chi connectivity index (χ1) is 12.2.